The highest BCUT2D eigenvalue weighted by atomic mass is 16.5. The van der Waals surface area contributed by atoms with Crippen LogP contribution in [0.25, 0.3) is 0 Å². The zero-order valence-electron chi connectivity index (χ0n) is 17.5. The lowest BCUT2D eigenvalue weighted by Crippen LogP contribution is -2.54. The van der Waals surface area contributed by atoms with Crippen LogP contribution in [0.1, 0.15) is 37.3 Å². The molecule has 3 heterocycles. The van der Waals surface area contributed by atoms with Crippen molar-refractivity contribution in [3.05, 3.63) is 30.1 Å². The van der Waals surface area contributed by atoms with Gasteiger partial charge in [0.25, 0.3) is 0 Å². The van der Waals surface area contributed by atoms with Crippen LogP contribution in [0.4, 0.5) is 0 Å². The number of carbonyl (C=O) groups excluding carboxylic acids is 1. The van der Waals surface area contributed by atoms with Crippen LogP contribution < -0.4 is 0 Å². The summed E-state index contributed by atoms with van der Waals surface area (Å²) in [6.07, 6.45) is 8.59. The molecule has 3 aliphatic rings. The molecule has 1 aromatic rings. The van der Waals surface area contributed by atoms with Crippen LogP contribution in [0.2, 0.25) is 0 Å². The number of likely N-dealkylation sites (N-methyl/N-ethyl adjacent to an activating group) is 1. The minimum atomic E-state index is -0.0928. The predicted molar refractivity (Wildman–Crippen MR) is 111 cm³/mol. The molecule has 0 spiro atoms. The summed E-state index contributed by atoms with van der Waals surface area (Å²) in [6.45, 7) is 5.87. The van der Waals surface area contributed by atoms with E-state index in [9.17, 15) is 4.79 Å². The SMILES string of the molecule is CN(CC(=O)N1CCO[C@@H](CN2CCOCC2)[C@@H]1c1cccnc1)C1CCCC1. The molecule has 29 heavy (non-hydrogen) atoms. The molecule has 1 aliphatic carbocycles. The second kappa shape index (κ2) is 9.98. The van der Waals surface area contributed by atoms with E-state index in [0.717, 1.165) is 38.4 Å². The maximum atomic E-state index is 13.4. The highest BCUT2D eigenvalue weighted by molar-refractivity contribution is 5.79. The Kier molecular flexibility index (Phi) is 7.13. The summed E-state index contributed by atoms with van der Waals surface area (Å²) in [7, 11) is 2.10. The van der Waals surface area contributed by atoms with Gasteiger partial charge in [0.05, 0.1) is 38.5 Å². The number of ether oxygens (including phenoxy) is 2. The molecule has 0 radical (unpaired) electrons. The zero-order chi connectivity index (χ0) is 20.1. The minimum absolute atomic E-state index is 0.0493. The summed E-state index contributed by atoms with van der Waals surface area (Å²) in [6, 6.07) is 4.47. The third kappa shape index (κ3) is 5.15. The van der Waals surface area contributed by atoms with E-state index in [-0.39, 0.29) is 18.1 Å². The van der Waals surface area contributed by atoms with Gasteiger partial charge in [0, 0.05) is 44.6 Å². The Morgan fingerprint density at radius 2 is 2.00 bits per heavy atom. The highest BCUT2D eigenvalue weighted by Gasteiger charge is 2.38. The first kappa shape index (κ1) is 20.7. The topological polar surface area (TPSA) is 58.1 Å². The van der Waals surface area contributed by atoms with E-state index in [2.05, 4.69) is 27.9 Å². The average molecular weight is 403 g/mol. The molecule has 3 fully saturated rings. The van der Waals surface area contributed by atoms with E-state index in [4.69, 9.17) is 9.47 Å². The number of aromatic nitrogens is 1. The lowest BCUT2D eigenvalue weighted by Gasteiger charge is -2.44. The zero-order valence-corrected chi connectivity index (χ0v) is 17.5. The van der Waals surface area contributed by atoms with Gasteiger partial charge in [0.2, 0.25) is 5.91 Å². The monoisotopic (exact) mass is 402 g/mol. The Morgan fingerprint density at radius 1 is 1.21 bits per heavy atom. The van der Waals surface area contributed by atoms with Crippen molar-refractivity contribution in [3.63, 3.8) is 0 Å². The molecule has 7 heteroatoms. The second-order valence-electron chi connectivity index (χ2n) is 8.49. The fourth-order valence-electron chi connectivity index (χ4n) is 4.93. The molecule has 0 aromatic carbocycles. The maximum Gasteiger partial charge on any atom is 0.237 e. The van der Waals surface area contributed by atoms with Crippen molar-refractivity contribution in [2.75, 3.05) is 59.6 Å². The number of amides is 1. The largest absolute Gasteiger partial charge is 0.379 e. The summed E-state index contributed by atoms with van der Waals surface area (Å²) in [5, 5.41) is 0. The molecule has 160 valence electrons. The first-order valence-electron chi connectivity index (χ1n) is 11.0. The molecule has 0 N–H and O–H groups in total. The van der Waals surface area contributed by atoms with Gasteiger partial charge in [0.15, 0.2) is 0 Å². The molecule has 2 saturated heterocycles. The van der Waals surface area contributed by atoms with Gasteiger partial charge < -0.3 is 14.4 Å². The fraction of sp³-hybridized carbons (Fsp3) is 0.727. The molecule has 7 nitrogen and oxygen atoms in total. The van der Waals surface area contributed by atoms with Gasteiger partial charge in [-0.3, -0.25) is 19.6 Å². The molecule has 1 aromatic heterocycles. The lowest BCUT2D eigenvalue weighted by molar-refractivity contribution is -0.150. The van der Waals surface area contributed by atoms with Crippen molar-refractivity contribution in [2.45, 2.75) is 43.9 Å². The molecule has 4 rings (SSSR count). The van der Waals surface area contributed by atoms with Gasteiger partial charge in [-0.1, -0.05) is 18.9 Å². The Bertz CT molecular complexity index is 647. The summed E-state index contributed by atoms with van der Waals surface area (Å²) < 4.78 is 11.7. The third-order valence-electron chi connectivity index (χ3n) is 6.57. The standard InChI is InChI=1S/C22H34N4O3/c1-24(19-6-2-3-7-19)17-21(27)26-11-14-29-20(16-25-9-12-28-13-10-25)22(26)18-5-4-8-23-15-18/h4-5,8,15,19-20,22H,2-3,6-7,9-14,16-17H2,1H3/t20-,22-/m0/s1. The van der Waals surface area contributed by atoms with Gasteiger partial charge >= 0.3 is 0 Å². The minimum Gasteiger partial charge on any atom is -0.379 e. The van der Waals surface area contributed by atoms with Gasteiger partial charge in [-0.15, -0.1) is 0 Å². The van der Waals surface area contributed by atoms with Crippen LogP contribution in [0.3, 0.4) is 0 Å². The van der Waals surface area contributed by atoms with Crippen LogP contribution in [0, 0.1) is 0 Å². The molecular weight excluding hydrogens is 368 g/mol. The van der Waals surface area contributed by atoms with Crippen LogP contribution in [0.15, 0.2) is 24.5 Å². The van der Waals surface area contributed by atoms with Gasteiger partial charge in [-0.25, -0.2) is 0 Å². The Balaban J connectivity index is 1.49. The maximum absolute atomic E-state index is 13.4. The average Bonchev–Trinajstić information content (AvgIpc) is 3.30. The smallest absolute Gasteiger partial charge is 0.237 e. The molecule has 1 amide bonds. The molecule has 1 saturated carbocycles. The first-order valence-corrected chi connectivity index (χ1v) is 11.0. The summed E-state index contributed by atoms with van der Waals surface area (Å²) in [4.78, 5) is 24.4. The third-order valence-corrected chi connectivity index (χ3v) is 6.57. The molecule has 2 aliphatic heterocycles. The van der Waals surface area contributed by atoms with E-state index in [1.54, 1.807) is 6.20 Å². The molecule has 0 bridgehead atoms. The van der Waals surface area contributed by atoms with E-state index >= 15 is 0 Å². The van der Waals surface area contributed by atoms with E-state index in [0.29, 0.717) is 25.7 Å². The summed E-state index contributed by atoms with van der Waals surface area (Å²) in [5.74, 6) is 0.198. The van der Waals surface area contributed by atoms with Gasteiger partial charge in [-0.2, -0.15) is 0 Å². The van der Waals surface area contributed by atoms with Gasteiger partial charge in [0.1, 0.15) is 0 Å². The summed E-state index contributed by atoms with van der Waals surface area (Å²) >= 11 is 0. The van der Waals surface area contributed by atoms with Crippen molar-refractivity contribution in [1.29, 1.82) is 0 Å². The number of pyridine rings is 1. The van der Waals surface area contributed by atoms with Crippen molar-refractivity contribution >= 4 is 5.91 Å². The highest BCUT2D eigenvalue weighted by Crippen LogP contribution is 2.31. The number of morpholine rings is 2. The number of carbonyl (C=O) groups is 1. The Hall–Kier alpha value is -1.54. The second-order valence-corrected chi connectivity index (χ2v) is 8.49. The van der Waals surface area contributed by atoms with Crippen molar-refractivity contribution < 1.29 is 14.3 Å². The van der Waals surface area contributed by atoms with Crippen LogP contribution in [-0.4, -0.2) is 97.3 Å². The van der Waals surface area contributed by atoms with E-state index in [1.165, 1.54) is 25.7 Å². The quantitative estimate of drug-likeness (QED) is 0.720. The van der Waals surface area contributed by atoms with E-state index in [1.807, 2.05) is 17.2 Å². The molecule has 0 unspecified atom stereocenters. The van der Waals surface area contributed by atoms with Crippen molar-refractivity contribution in [2.24, 2.45) is 0 Å². The Labute approximate surface area is 174 Å². The summed E-state index contributed by atoms with van der Waals surface area (Å²) in [5.41, 5.74) is 1.06. The normalized spacial score (nSPS) is 26.9. The fourth-order valence-corrected chi connectivity index (χ4v) is 4.93. The van der Waals surface area contributed by atoms with Crippen molar-refractivity contribution in [3.8, 4) is 0 Å². The molecular formula is C22H34N4O3. The van der Waals surface area contributed by atoms with Gasteiger partial charge in [-0.05, 0) is 31.5 Å². The lowest BCUT2D eigenvalue weighted by atomic mass is 9.98. The Morgan fingerprint density at radius 3 is 2.72 bits per heavy atom. The van der Waals surface area contributed by atoms with Crippen LogP contribution in [0.5, 0.6) is 0 Å². The van der Waals surface area contributed by atoms with Crippen LogP contribution >= 0.6 is 0 Å². The number of rotatable bonds is 6. The molecule has 2 atom stereocenters. The number of hydrogen-bond acceptors (Lipinski definition) is 6. The predicted octanol–water partition coefficient (Wildman–Crippen LogP) is 1.56. The first-order chi connectivity index (χ1) is 14.2. The number of nitrogens with zero attached hydrogens (tertiary/aromatic N) is 4. The van der Waals surface area contributed by atoms with Crippen molar-refractivity contribution in [1.82, 2.24) is 19.7 Å². The van der Waals surface area contributed by atoms with E-state index < -0.39 is 0 Å². The number of hydrogen-bond donors (Lipinski definition) is 0. The van der Waals surface area contributed by atoms with Crippen LogP contribution in [-0.2, 0) is 14.3 Å².